The number of benzene rings is 4. The van der Waals surface area contributed by atoms with E-state index in [4.69, 9.17) is 9.05 Å². The highest BCUT2D eigenvalue weighted by Crippen LogP contribution is 2.44. The Kier molecular flexibility index (Phi) is 8.40. The van der Waals surface area contributed by atoms with Gasteiger partial charge in [0, 0.05) is 24.2 Å². The van der Waals surface area contributed by atoms with E-state index in [1.165, 1.54) is 5.56 Å². The van der Waals surface area contributed by atoms with E-state index < -0.39 is 8.38 Å². The van der Waals surface area contributed by atoms with Crippen LogP contribution < -0.4 is 14.4 Å². The number of carbonyl (C=O) groups excluding carboxylic acids is 1. The lowest BCUT2D eigenvalue weighted by Crippen LogP contribution is -2.30. The molecule has 4 aromatic rings. The van der Waals surface area contributed by atoms with E-state index in [9.17, 15) is 4.79 Å². The molecular weight excluding hydrogens is 465 g/mol. The lowest BCUT2D eigenvalue weighted by atomic mass is 9.98. The number of nitrogens with zero attached hydrogens (tertiary/aromatic N) is 1. The Hall–Kier alpha value is -3.62. The Morgan fingerprint density at radius 3 is 2.03 bits per heavy atom. The second-order valence-corrected chi connectivity index (χ2v) is 9.96. The summed E-state index contributed by atoms with van der Waals surface area (Å²) in [5, 5.41) is 0.967. The first kappa shape index (κ1) is 25.5. The molecule has 0 heterocycles. The summed E-state index contributed by atoms with van der Waals surface area (Å²) in [4.78, 5) is 15.2. The van der Waals surface area contributed by atoms with E-state index in [1.807, 2.05) is 117 Å². The largest absolute Gasteiger partial charge is 0.435 e. The highest BCUT2D eigenvalue weighted by Gasteiger charge is 2.23. The molecule has 1 unspecified atom stereocenters. The zero-order valence-corrected chi connectivity index (χ0v) is 22.2. The van der Waals surface area contributed by atoms with Crippen LogP contribution in [0.1, 0.15) is 35.3 Å². The summed E-state index contributed by atoms with van der Waals surface area (Å²) in [6.45, 7) is 9.43. The van der Waals surface area contributed by atoms with Crippen LogP contribution in [0.15, 0.2) is 97.1 Å². The normalized spacial score (nSPS) is 11.6. The minimum atomic E-state index is -1.48. The highest BCUT2D eigenvalue weighted by atomic mass is 31.2. The van der Waals surface area contributed by atoms with Crippen LogP contribution in [0.25, 0.3) is 11.1 Å². The van der Waals surface area contributed by atoms with E-state index in [0.717, 1.165) is 27.7 Å². The Bertz CT molecular complexity index is 1320. The topological polar surface area (TPSA) is 38.8 Å². The Morgan fingerprint density at radius 2 is 1.33 bits per heavy atom. The molecule has 4 aromatic carbocycles. The van der Waals surface area contributed by atoms with E-state index in [2.05, 4.69) is 13.0 Å². The molecule has 1 atom stereocenters. The quantitative estimate of drug-likeness (QED) is 0.224. The number of amides is 1. The molecule has 4 rings (SSSR count). The number of hydrogen-bond donors (Lipinski definition) is 0. The van der Waals surface area contributed by atoms with Crippen LogP contribution in [0.4, 0.5) is 0 Å². The van der Waals surface area contributed by atoms with Gasteiger partial charge >= 0.3 is 8.38 Å². The molecule has 0 saturated heterocycles. The van der Waals surface area contributed by atoms with Gasteiger partial charge < -0.3 is 13.9 Å². The molecule has 0 bridgehead atoms. The first-order chi connectivity index (χ1) is 17.5. The van der Waals surface area contributed by atoms with Gasteiger partial charge in [-0.25, -0.2) is 0 Å². The summed E-state index contributed by atoms with van der Waals surface area (Å²) < 4.78 is 13.1. The SMILES string of the molecule is CCN(CC)C(=O)c1ccccc1-c1ccccc1OP(Oc1ccc(C)cc1C)c1ccccc1. The fourth-order valence-corrected chi connectivity index (χ4v) is 5.49. The second-order valence-electron chi connectivity index (χ2n) is 8.56. The molecule has 184 valence electrons. The van der Waals surface area contributed by atoms with Gasteiger partial charge in [0.2, 0.25) is 0 Å². The Balaban J connectivity index is 1.75. The van der Waals surface area contributed by atoms with Gasteiger partial charge in [0.25, 0.3) is 5.91 Å². The van der Waals surface area contributed by atoms with Crippen molar-refractivity contribution < 1.29 is 13.8 Å². The van der Waals surface area contributed by atoms with Gasteiger partial charge in [0.05, 0.1) is 5.30 Å². The predicted octanol–water partition coefficient (Wildman–Crippen LogP) is 7.55. The monoisotopic (exact) mass is 497 g/mol. The van der Waals surface area contributed by atoms with Gasteiger partial charge in [-0.15, -0.1) is 0 Å². The van der Waals surface area contributed by atoms with Gasteiger partial charge in [-0.1, -0.05) is 72.3 Å². The summed E-state index contributed by atoms with van der Waals surface area (Å²) in [6.07, 6.45) is 0. The minimum Gasteiger partial charge on any atom is -0.435 e. The maximum Gasteiger partial charge on any atom is 0.326 e. The fourth-order valence-electron chi connectivity index (χ4n) is 4.11. The van der Waals surface area contributed by atoms with Gasteiger partial charge in [-0.3, -0.25) is 4.79 Å². The van der Waals surface area contributed by atoms with Gasteiger partial charge in [0.1, 0.15) is 11.5 Å². The number of rotatable bonds is 9. The smallest absolute Gasteiger partial charge is 0.326 e. The molecule has 0 aliphatic carbocycles. The lowest BCUT2D eigenvalue weighted by Gasteiger charge is -2.23. The molecule has 0 aliphatic rings. The number of para-hydroxylation sites is 1. The van der Waals surface area contributed by atoms with Gasteiger partial charge in [-0.2, -0.15) is 0 Å². The van der Waals surface area contributed by atoms with Crippen molar-refractivity contribution in [3.63, 3.8) is 0 Å². The van der Waals surface area contributed by atoms with Crippen molar-refractivity contribution in [2.45, 2.75) is 27.7 Å². The zero-order valence-electron chi connectivity index (χ0n) is 21.3. The Morgan fingerprint density at radius 1 is 0.722 bits per heavy atom. The van der Waals surface area contributed by atoms with Crippen molar-refractivity contribution in [3.8, 4) is 22.6 Å². The third-order valence-corrected chi connectivity index (χ3v) is 7.49. The molecule has 36 heavy (non-hydrogen) atoms. The van der Waals surface area contributed by atoms with E-state index in [0.29, 0.717) is 24.4 Å². The maximum absolute atomic E-state index is 13.3. The van der Waals surface area contributed by atoms with E-state index >= 15 is 0 Å². The van der Waals surface area contributed by atoms with Crippen molar-refractivity contribution in [1.82, 2.24) is 4.90 Å². The molecule has 0 radical (unpaired) electrons. The van der Waals surface area contributed by atoms with Crippen LogP contribution in [-0.2, 0) is 0 Å². The van der Waals surface area contributed by atoms with Crippen molar-refractivity contribution in [3.05, 3.63) is 114 Å². The molecule has 0 fully saturated rings. The summed E-state index contributed by atoms with van der Waals surface area (Å²) >= 11 is 0. The minimum absolute atomic E-state index is 0.0160. The van der Waals surface area contributed by atoms with Crippen LogP contribution in [0, 0.1) is 13.8 Å². The fraction of sp³-hybridized carbons (Fsp3) is 0.194. The predicted molar refractivity (Wildman–Crippen MR) is 149 cm³/mol. The Labute approximate surface area is 215 Å². The summed E-state index contributed by atoms with van der Waals surface area (Å²) in [7, 11) is -1.48. The van der Waals surface area contributed by atoms with E-state index in [1.54, 1.807) is 0 Å². The average molecular weight is 498 g/mol. The first-order valence-electron chi connectivity index (χ1n) is 12.3. The van der Waals surface area contributed by atoms with Crippen molar-refractivity contribution in [2.24, 2.45) is 0 Å². The summed E-state index contributed by atoms with van der Waals surface area (Å²) in [5.74, 6) is 1.49. The number of aryl methyl sites for hydroxylation is 2. The molecule has 0 spiro atoms. The van der Waals surface area contributed by atoms with Gasteiger partial charge in [0.15, 0.2) is 0 Å². The molecule has 0 N–H and O–H groups in total. The molecule has 0 saturated carbocycles. The van der Waals surface area contributed by atoms with Gasteiger partial charge in [-0.05, 0) is 69.2 Å². The molecule has 5 heteroatoms. The second kappa shape index (κ2) is 11.9. The molecular formula is C31H32NO3P. The summed E-state index contributed by atoms with van der Waals surface area (Å²) in [5.41, 5.74) is 4.62. The van der Waals surface area contributed by atoms with Crippen molar-refractivity contribution in [2.75, 3.05) is 13.1 Å². The third-order valence-electron chi connectivity index (χ3n) is 6.05. The third kappa shape index (κ3) is 5.78. The molecule has 0 aromatic heterocycles. The van der Waals surface area contributed by atoms with Crippen LogP contribution in [0.5, 0.6) is 11.5 Å². The number of carbonyl (C=O) groups is 1. The van der Waals surface area contributed by atoms with Crippen LogP contribution >= 0.6 is 8.38 Å². The first-order valence-corrected chi connectivity index (χ1v) is 13.5. The van der Waals surface area contributed by atoms with E-state index in [-0.39, 0.29) is 5.91 Å². The van der Waals surface area contributed by atoms with Crippen molar-refractivity contribution >= 4 is 19.6 Å². The molecule has 4 nitrogen and oxygen atoms in total. The highest BCUT2D eigenvalue weighted by molar-refractivity contribution is 7.56. The maximum atomic E-state index is 13.3. The molecule has 0 aliphatic heterocycles. The zero-order chi connectivity index (χ0) is 25.5. The number of hydrogen-bond acceptors (Lipinski definition) is 3. The lowest BCUT2D eigenvalue weighted by molar-refractivity contribution is 0.0774. The average Bonchev–Trinajstić information content (AvgIpc) is 2.91. The van der Waals surface area contributed by atoms with Crippen LogP contribution in [0.3, 0.4) is 0 Å². The van der Waals surface area contributed by atoms with Crippen molar-refractivity contribution in [1.29, 1.82) is 0 Å². The summed E-state index contributed by atoms with van der Waals surface area (Å²) in [6, 6.07) is 31.7. The molecule has 1 amide bonds. The van der Waals surface area contributed by atoms with Crippen LogP contribution in [0.2, 0.25) is 0 Å². The standard InChI is InChI=1S/C31H32NO3P/c1-5-32(6-2)31(33)28-18-11-10-16-26(28)27-17-12-13-19-30(27)35-36(25-14-8-7-9-15-25)34-29-21-20-23(3)22-24(29)4/h7-22H,5-6H2,1-4H3. The van der Waals surface area contributed by atoms with Crippen LogP contribution in [-0.4, -0.2) is 23.9 Å².